The van der Waals surface area contributed by atoms with Crippen LogP contribution in [0.5, 0.6) is 0 Å². The maximum Gasteiger partial charge on any atom is 0.338 e. The van der Waals surface area contributed by atoms with E-state index in [0.29, 0.717) is 11.3 Å². The van der Waals surface area contributed by atoms with E-state index in [1.807, 2.05) is 0 Å². The van der Waals surface area contributed by atoms with Crippen LogP contribution in [-0.2, 0) is 0 Å². The lowest BCUT2D eigenvalue weighted by Gasteiger charge is -2.08. The maximum absolute atomic E-state index is 12.1. The second-order valence-electron chi connectivity index (χ2n) is 3.27. The molecule has 0 spiro atoms. The molecule has 6 heteroatoms. The van der Waals surface area contributed by atoms with Crippen molar-refractivity contribution in [3.8, 4) is 0 Å². The number of aromatic carboxylic acids is 1. The molecule has 0 saturated heterocycles. The Kier molecular flexibility index (Phi) is 4.23. The van der Waals surface area contributed by atoms with Crippen LogP contribution in [0.1, 0.15) is 21.6 Å². The summed E-state index contributed by atoms with van der Waals surface area (Å²) in [5.41, 5.74) is 1.17. The molecule has 1 aromatic rings. The zero-order valence-electron chi connectivity index (χ0n) is 8.83. The fraction of sp³-hybridized carbons (Fsp3) is 0.400. The Hall–Kier alpha value is -1.17. The lowest BCUT2D eigenvalue weighted by atomic mass is 10.1. The van der Waals surface area contributed by atoms with Crippen LogP contribution in [0.3, 0.4) is 0 Å². The molecule has 0 atom stereocenters. The number of carboxylic acids is 1. The van der Waals surface area contributed by atoms with Crippen LogP contribution < -0.4 is 0 Å². The Bertz CT molecular complexity index is 410. The van der Waals surface area contributed by atoms with Crippen molar-refractivity contribution >= 4 is 17.7 Å². The van der Waals surface area contributed by atoms with Gasteiger partial charge >= 0.3 is 5.97 Å². The highest BCUT2D eigenvalue weighted by Crippen LogP contribution is 2.25. The molecule has 0 aliphatic rings. The summed E-state index contributed by atoms with van der Waals surface area (Å²) >= 11 is 0.770. The van der Waals surface area contributed by atoms with E-state index >= 15 is 0 Å². The summed E-state index contributed by atoms with van der Waals surface area (Å²) in [6.07, 6.45) is -2.48. The Balaban J connectivity index is 3.09. The monoisotopic (exact) mass is 247 g/mol. The number of pyridine rings is 1. The van der Waals surface area contributed by atoms with Gasteiger partial charge in [0.05, 0.1) is 11.3 Å². The molecule has 3 nitrogen and oxygen atoms in total. The summed E-state index contributed by atoms with van der Waals surface area (Å²) < 4.78 is 24.1. The van der Waals surface area contributed by atoms with Crippen molar-refractivity contribution in [2.45, 2.75) is 25.3 Å². The van der Waals surface area contributed by atoms with Crippen LogP contribution in [0.15, 0.2) is 11.1 Å². The highest BCUT2D eigenvalue weighted by atomic mass is 32.2. The zero-order chi connectivity index (χ0) is 12.3. The first kappa shape index (κ1) is 12.9. The van der Waals surface area contributed by atoms with Gasteiger partial charge in [-0.2, -0.15) is 0 Å². The third-order valence-corrected chi connectivity index (χ3v) is 2.86. The number of carboxylic acid groups (broad SMARTS) is 1. The summed E-state index contributed by atoms with van der Waals surface area (Å²) in [4.78, 5) is 14.9. The van der Waals surface area contributed by atoms with Crippen LogP contribution in [-0.4, -0.2) is 28.2 Å². The van der Waals surface area contributed by atoms with E-state index in [1.165, 1.54) is 0 Å². The number of aromatic nitrogens is 1. The normalized spacial score (nSPS) is 10.8. The molecule has 1 aromatic heterocycles. The first-order valence-electron chi connectivity index (χ1n) is 4.54. The van der Waals surface area contributed by atoms with E-state index < -0.39 is 18.1 Å². The van der Waals surface area contributed by atoms with Gasteiger partial charge in [-0.05, 0) is 25.5 Å². The van der Waals surface area contributed by atoms with Gasteiger partial charge in [-0.1, -0.05) is 11.8 Å². The van der Waals surface area contributed by atoms with Gasteiger partial charge in [0.15, 0.2) is 0 Å². The number of thioether (sulfide) groups is 1. The average molecular weight is 247 g/mol. The first-order chi connectivity index (χ1) is 7.41. The number of alkyl halides is 2. The SMILES string of the molecule is Cc1cc(C)c(C(=O)O)c(SCC(F)F)n1. The lowest BCUT2D eigenvalue weighted by molar-refractivity contribution is 0.0691. The highest BCUT2D eigenvalue weighted by molar-refractivity contribution is 7.99. The van der Waals surface area contributed by atoms with Crippen molar-refractivity contribution < 1.29 is 18.7 Å². The van der Waals surface area contributed by atoms with Crippen LogP contribution in [0.4, 0.5) is 8.78 Å². The minimum atomic E-state index is -2.48. The Morgan fingerprint density at radius 2 is 2.19 bits per heavy atom. The minimum absolute atomic E-state index is 0.0104. The van der Waals surface area contributed by atoms with Crippen molar-refractivity contribution in [2.24, 2.45) is 0 Å². The molecule has 0 aromatic carbocycles. The van der Waals surface area contributed by atoms with E-state index in [4.69, 9.17) is 5.11 Å². The Morgan fingerprint density at radius 1 is 1.56 bits per heavy atom. The van der Waals surface area contributed by atoms with Gasteiger partial charge in [0.2, 0.25) is 6.43 Å². The largest absolute Gasteiger partial charge is 0.478 e. The van der Waals surface area contributed by atoms with Crippen LogP contribution >= 0.6 is 11.8 Å². The molecular weight excluding hydrogens is 236 g/mol. The average Bonchev–Trinajstić information content (AvgIpc) is 2.12. The Morgan fingerprint density at radius 3 is 2.69 bits per heavy atom. The molecule has 16 heavy (non-hydrogen) atoms. The lowest BCUT2D eigenvalue weighted by Crippen LogP contribution is -2.06. The molecule has 1 rings (SSSR count). The second kappa shape index (κ2) is 5.25. The van der Waals surface area contributed by atoms with Crippen molar-refractivity contribution in [3.05, 3.63) is 22.9 Å². The molecule has 0 radical (unpaired) electrons. The molecule has 0 aliphatic heterocycles. The minimum Gasteiger partial charge on any atom is -0.478 e. The van der Waals surface area contributed by atoms with E-state index in [1.54, 1.807) is 19.9 Å². The third-order valence-electron chi connectivity index (χ3n) is 1.87. The fourth-order valence-electron chi connectivity index (χ4n) is 1.31. The van der Waals surface area contributed by atoms with Gasteiger partial charge in [0.25, 0.3) is 0 Å². The molecule has 0 unspecified atom stereocenters. The van der Waals surface area contributed by atoms with Gasteiger partial charge in [0, 0.05) is 5.69 Å². The van der Waals surface area contributed by atoms with E-state index in [0.717, 1.165) is 11.8 Å². The third kappa shape index (κ3) is 3.16. The molecule has 1 heterocycles. The summed E-state index contributed by atoms with van der Waals surface area (Å²) in [6, 6.07) is 1.62. The molecule has 0 aliphatic carbocycles. The van der Waals surface area contributed by atoms with Gasteiger partial charge in [-0.25, -0.2) is 18.6 Å². The molecule has 1 N–H and O–H groups in total. The van der Waals surface area contributed by atoms with Crippen molar-refractivity contribution in [1.82, 2.24) is 4.98 Å². The topological polar surface area (TPSA) is 50.2 Å². The van der Waals surface area contributed by atoms with E-state index in [-0.39, 0.29) is 10.6 Å². The van der Waals surface area contributed by atoms with E-state index in [2.05, 4.69) is 4.98 Å². The molecule has 0 bridgehead atoms. The highest BCUT2D eigenvalue weighted by Gasteiger charge is 2.17. The van der Waals surface area contributed by atoms with Crippen molar-refractivity contribution in [2.75, 3.05) is 5.75 Å². The second-order valence-corrected chi connectivity index (χ2v) is 4.28. The number of nitrogens with zero attached hydrogens (tertiary/aromatic N) is 1. The molecule has 88 valence electrons. The predicted octanol–water partition coefficient (Wildman–Crippen LogP) is 2.75. The van der Waals surface area contributed by atoms with Crippen LogP contribution in [0, 0.1) is 13.8 Å². The van der Waals surface area contributed by atoms with Gasteiger partial charge in [-0.3, -0.25) is 0 Å². The summed E-state index contributed by atoms with van der Waals surface area (Å²) in [7, 11) is 0. The Labute approximate surface area is 95.9 Å². The number of halogens is 2. The number of hydrogen-bond donors (Lipinski definition) is 1. The smallest absolute Gasteiger partial charge is 0.338 e. The summed E-state index contributed by atoms with van der Waals surface area (Å²) in [6.45, 7) is 3.33. The molecule has 0 saturated carbocycles. The molecular formula is C10H11F2NO2S. The van der Waals surface area contributed by atoms with E-state index in [9.17, 15) is 13.6 Å². The van der Waals surface area contributed by atoms with Crippen LogP contribution in [0.25, 0.3) is 0 Å². The number of hydrogen-bond acceptors (Lipinski definition) is 3. The molecule has 0 amide bonds. The number of rotatable bonds is 4. The molecule has 0 fully saturated rings. The maximum atomic E-state index is 12.1. The first-order valence-corrected chi connectivity index (χ1v) is 5.53. The number of aryl methyl sites for hydroxylation is 2. The van der Waals surface area contributed by atoms with Crippen molar-refractivity contribution in [3.63, 3.8) is 0 Å². The summed E-state index contributed by atoms with van der Waals surface area (Å²) in [5, 5.41) is 9.12. The quantitative estimate of drug-likeness (QED) is 0.831. The van der Waals surface area contributed by atoms with Gasteiger partial charge < -0.3 is 5.11 Å². The fourth-order valence-corrected chi connectivity index (χ4v) is 2.19. The predicted molar refractivity (Wildman–Crippen MR) is 57.4 cm³/mol. The number of carbonyl (C=O) groups is 1. The van der Waals surface area contributed by atoms with Crippen molar-refractivity contribution in [1.29, 1.82) is 0 Å². The standard InChI is InChI=1S/C10H11F2NO2S/c1-5-3-6(2)13-9(8(5)10(14)15)16-4-7(11)12/h3,7H,4H2,1-2H3,(H,14,15). The zero-order valence-corrected chi connectivity index (χ0v) is 9.65. The summed E-state index contributed by atoms with van der Waals surface area (Å²) in [5.74, 6) is -1.59. The van der Waals surface area contributed by atoms with Gasteiger partial charge in [0.1, 0.15) is 5.03 Å². The van der Waals surface area contributed by atoms with Gasteiger partial charge in [-0.15, -0.1) is 0 Å². The van der Waals surface area contributed by atoms with Crippen LogP contribution in [0.2, 0.25) is 0 Å².